The van der Waals surface area contributed by atoms with Gasteiger partial charge in [-0.25, -0.2) is 9.37 Å². The zero-order chi connectivity index (χ0) is 12.3. The Morgan fingerprint density at radius 1 is 1.41 bits per heavy atom. The number of nitrogens with one attached hydrogen (secondary N) is 1. The highest BCUT2D eigenvalue weighted by Gasteiger charge is 2.05. The highest BCUT2D eigenvalue weighted by atomic mass is 32.1. The summed E-state index contributed by atoms with van der Waals surface area (Å²) in [5.41, 5.74) is 0.839. The van der Waals surface area contributed by atoms with E-state index in [4.69, 9.17) is 0 Å². The van der Waals surface area contributed by atoms with Gasteiger partial charge in [0.1, 0.15) is 10.8 Å². The summed E-state index contributed by atoms with van der Waals surface area (Å²) in [7, 11) is 0. The second-order valence-electron chi connectivity index (χ2n) is 4.18. The molecule has 2 aromatic rings. The highest BCUT2D eigenvalue weighted by molar-refractivity contribution is 7.15. The van der Waals surface area contributed by atoms with E-state index in [-0.39, 0.29) is 5.82 Å². The maximum Gasteiger partial charge on any atom is 0.123 e. The van der Waals surface area contributed by atoms with Crippen LogP contribution in [0.4, 0.5) is 4.39 Å². The van der Waals surface area contributed by atoms with E-state index in [0.29, 0.717) is 6.04 Å². The van der Waals surface area contributed by atoms with Crippen molar-refractivity contribution in [2.75, 3.05) is 0 Å². The molecule has 0 bridgehead atoms. The van der Waals surface area contributed by atoms with Crippen LogP contribution in [0.1, 0.15) is 18.7 Å². The summed E-state index contributed by atoms with van der Waals surface area (Å²) in [6, 6.07) is 6.99. The number of nitrogens with zero attached hydrogens (tertiary/aromatic N) is 1. The van der Waals surface area contributed by atoms with Crippen molar-refractivity contribution in [3.8, 4) is 10.6 Å². The van der Waals surface area contributed by atoms with Crippen LogP contribution in [-0.4, -0.2) is 11.0 Å². The molecule has 1 N–H and O–H groups in total. The fourth-order valence-corrected chi connectivity index (χ4v) is 2.31. The van der Waals surface area contributed by atoms with Gasteiger partial charge in [0, 0.05) is 29.2 Å². The van der Waals surface area contributed by atoms with Gasteiger partial charge in [0.05, 0.1) is 0 Å². The van der Waals surface area contributed by atoms with E-state index >= 15 is 0 Å². The normalized spacial score (nSPS) is 11.1. The molecule has 0 atom stereocenters. The Morgan fingerprint density at radius 2 is 2.24 bits per heavy atom. The average molecular weight is 250 g/mol. The molecule has 0 aliphatic heterocycles. The molecule has 1 aromatic heterocycles. The number of aromatic nitrogens is 1. The summed E-state index contributed by atoms with van der Waals surface area (Å²) in [6.07, 6.45) is 1.85. The summed E-state index contributed by atoms with van der Waals surface area (Å²) >= 11 is 1.60. The zero-order valence-corrected chi connectivity index (χ0v) is 10.7. The first-order valence-corrected chi connectivity index (χ1v) is 6.41. The van der Waals surface area contributed by atoms with E-state index in [2.05, 4.69) is 24.1 Å². The fourth-order valence-electron chi connectivity index (χ4n) is 1.45. The van der Waals surface area contributed by atoms with Crippen LogP contribution in [-0.2, 0) is 6.54 Å². The van der Waals surface area contributed by atoms with E-state index in [1.54, 1.807) is 17.4 Å². The molecule has 1 aromatic carbocycles. The molecule has 4 heteroatoms. The maximum absolute atomic E-state index is 13.1. The van der Waals surface area contributed by atoms with Crippen molar-refractivity contribution in [1.82, 2.24) is 10.3 Å². The average Bonchev–Trinajstić information content (AvgIpc) is 2.75. The lowest BCUT2D eigenvalue weighted by Gasteiger charge is -2.04. The van der Waals surface area contributed by atoms with E-state index in [1.807, 2.05) is 12.3 Å². The van der Waals surface area contributed by atoms with Crippen LogP contribution in [0, 0.1) is 5.82 Å². The largest absolute Gasteiger partial charge is 0.310 e. The van der Waals surface area contributed by atoms with Crippen LogP contribution in [0.2, 0.25) is 0 Å². The molecule has 2 nitrogen and oxygen atoms in total. The molecule has 0 aliphatic carbocycles. The van der Waals surface area contributed by atoms with Gasteiger partial charge in [-0.15, -0.1) is 11.3 Å². The number of rotatable bonds is 4. The van der Waals surface area contributed by atoms with Gasteiger partial charge in [0.15, 0.2) is 0 Å². The van der Waals surface area contributed by atoms with Crippen molar-refractivity contribution >= 4 is 11.3 Å². The summed E-state index contributed by atoms with van der Waals surface area (Å²) in [6.45, 7) is 5.02. The molecule has 0 unspecified atom stereocenters. The monoisotopic (exact) mass is 250 g/mol. The zero-order valence-electron chi connectivity index (χ0n) is 9.90. The van der Waals surface area contributed by atoms with Crippen LogP contribution < -0.4 is 5.32 Å². The van der Waals surface area contributed by atoms with Crippen molar-refractivity contribution in [2.45, 2.75) is 26.4 Å². The molecular weight excluding hydrogens is 235 g/mol. The SMILES string of the molecule is CC(C)NCc1cnc(-c2cccc(F)c2)s1. The van der Waals surface area contributed by atoms with Gasteiger partial charge >= 0.3 is 0 Å². The predicted molar refractivity (Wildman–Crippen MR) is 69.5 cm³/mol. The van der Waals surface area contributed by atoms with Gasteiger partial charge in [0.2, 0.25) is 0 Å². The quantitative estimate of drug-likeness (QED) is 0.899. The molecule has 0 fully saturated rings. The molecule has 2 rings (SSSR count). The Labute approximate surface area is 105 Å². The Bertz CT molecular complexity index is 494. The lowest BCUT2D eigenvalue weighted by Crippen LogP contribution is -2.21. The molecule has 0 radical (unpaired) electrons. The van der Waals surface area contributed by atoms with Crippen molar-refractivity contribution in [1.29, 1.82) is 0 Å². The van der Waals surface area contributed by atoms with Crippen LogP contribution in [0.5, 0.6) is 0 Å². The summed E-state index contributed by atoms with van der Waals surface area (Å²) < 4.78 is 13.1. The lowest BCUT2D eigenvalue weighted by atomic mass is 10.2. The van der Waals surface area contributed by atoms with Gasteiger partial charge in [-0.2, -0.15) is 0 Å². The van der Waals surface area contributed by atoms with Crippen LogP contribution in [0.25, 0.3) is 10.6 Å². The minimum Gasteiger partial charge on any atom is -0.310 e. The molecule has 0 spiro atoms. The van der Waals surface area contributed by atoms with Gasteiger partial charge < -0.3 is 5.32 Å². The first kappa shape index (κ1) is 12.2. The Kier molecular flexibility index (Phi) is 3.86. The second-order valence-corrected chi connectivity index (χ2v) is 5.29. The van der Waals surface area contributed by atoms with Crippen molar-refractivity contribution in [2.24, 2.45) is 0 Å². The lowest BCUT2D eigenvalue weighted by molar-refractivity contribution is 0.593. The molecule has 90 valence electrons. The van der Waals surface area contributed by atoms with Crippen molar-refractivity contribution < 1.29 is 4.39 Å². The van der Waals surface area contributed by atoms with Crippen molar-refractivity contribution in [3.63, 3.8) is 0 Å². The van der Waals surface area contributed by atoms with E-state index in [1.165, 1.54) is 12.1 Å². The topological polar surface area (TPSA) is 24.9 Å². The van der Waals surface area contributed by atoms with Gasteiger partial charge in [-0.1, -0.05) is 26.0 Å². The number of hydrogen-bond donors (Lipinski definition) is 1. The molecule has 0 saturated carbocycles. The number of halogens is 1. The third kappa shape index (κ3) is 3.35. The van der Waals surface area contributed by atoms with Crippen LogP contribution in [0.15, 0.2) is 30.5 Å². The van der Waals surface area contributed by atoms with E-state index < -0.39 is 0 Å². The summed E-state index contributed by atoms with van der Waals surface area (Å²) in [5.74, 6) is -0.223. The highest BCUT2D eigenvalue weighted by Crippen LogP contribution is 2.25. The molecule has 0 saturated heterocycles. The fraction of sp³-hybridized carbons (Fsp3) is 0.308. The third-order valence-corrected chi connectivity index (χ3v) is 3.36. The number of thiazole rings is 1. The number of benzene rings is 1. The van der Waals surface area contributed by atoms with Crippen molar-refractivity contribution in [3.05, 3.63) is 41.2 Å². The number of hydrogen-bond acceptors (Lipinski definition) is 3. The Balaban J connectivity index is 2.12. The minimum atomic E-state index is -0.223. The minimum absolute atomic E-state index is 0.223. The molecule has 1 heterocycles. The Morgan fingerprint density at radius 3 is 2.94 bits per heavy atom. The Hall–Kier alpha value is -1.26. The molecular formula is C13H15FN2S. The van der Waals surface area contributed by atoms with Gasteiger partial charge in [-0.3, -0.25) is 0 Å². The summed E-state index contributed by atoms with van der Waals surface area (Å²) in [4.78, 5) is 5.48. The van der Waals surface area contributed by atoms with Crippen LogP contribution >= 0.6 is 11.3 Å². The summed E-state index contributed by atoms with van der Waals surface area (Å²) in [5, 5.41) is 4.20. The van der Waals surface area contributed by atoms with E-state index in [0.717, 1.165) is 22.0 Å². The van der Waals surface area contributed by atoms with Gasteiger partial charge in [-0.05, 0) is 12.1 Å². The first-order valence-electron chi connectivity index (χ1n) is 5.59. The van der Waals surface area contributed by atoms with Gasteiger partial charge in [0.25, 0.3) is 0 Å². The van der Waals surface area contributed by atoms with Crippen LogP contribution in [0.3, 0.4) is 0 Å². The standard InChI is InChI=1S/C13H15FN2S/c1-9(2)15-7-12-8-16-13(17-12)10-4-3-5-11(14)6-10/h3-6,8-9,15H,7H2,1-2H3. The molecule has 0 aliphatic rings. The smallest absolute Gasteiger partial charge is 0.123 e. The predicted octanol–water partition coefficient (Wildman–Crippen LogP) is 3.45. The maximum atomic E-state index is 13.1. The first-order chi connectivity index (χ1) is 8.15. The third-order valence-electron chi connectivity index (χ3n) is 2.31. The second kappa shape index (κ2) is 5.38. The molecule has 0 amide bonds. The molecule has 17 heavy (non-hydrogen) atoms. The van der Waals surface area contributed by atoms with E-state index in [9.17, 15) is 4.39 Å².